The summed E-state index contributed by atoms with van der Waals surface area (Å²) in [6, 6.07) is 9.77. The Hall–Kier alpha value is -1.46. The summed E-state index contributed by atoms with van der Waals surface area (Å²) in [6.45, 7) is 2.00. The largest absolute Gasteiger partial charge is 0.352 e. The Morgan fingerprint density at radius 3 is 1.94 bits per heavy atom. The molecule has 1 fully saturated rings. The van der Waals surface area contributed by atoms with Gasteiger partial charge in [0.25, 0.3) is 0 Å². The highest BCUT2D eigenvalue weighted by Gasteiger charge is 2.31. The summed E-state index contributed by atoms with van der Waals surface area (Å²) >= 11 is 25.4. The number of hydrogen-bond donors (Lipinski definition) is 1. The first-order valence-corrected chi connectivity index (χ1v) is 12.8. The standard InChI is InChI=1S/C25H28Cl4N2O2/c1-2-23(25(33)30-16-8-4-3-5-9-16)31(15-18-21(28)12-7-13-22(18)29)24(32)14-17-19(26)10-6-11-20(17)27/h6-7,10-13,16,23H,2-5,8-9,14-15H2,1H3,(H,30,33). The summed E-state index contributed by atoms with van der Waals surface area (Å²) in [4.78, 5) is 28.4. The van der Waals surface area contributed by atoms with Gasteiger partial charge in [-0.15, -0.1) is 0 Å². The van der Waals surface area contributed by atoms with Crippen LogP contribution in [0.15, 0.2) is 36.4 Å². The maximum absolute atomic E-state index is 13.6. The maximum Gasteiger partial charge on any atom is 0.243 e. The van der Waals surface area contributed by atoms with Crippen LogP contribution in [0.25, 0.3) is 0 Å². The first-order chi connectivity index (χ1) is 15.8. The molecule has 1 atom stereocenters. The van der Waals surface area contributed by atoms with Crippen molar-refractivity contribution in [3.63, 3.8) is 0 Å². The number of carbonyl (C=O) groups excluding carboxylic acids is 2. The lowest BCUT2D eigenvalue weighted by atomic mass is 9.95. The molecule has 1 aliphatic rings. The van der Waals surface area contributed by atoms with Crippen molar-refractivity contribution in [3.05, 3.63) is 67.6 Å². The Kier molecular flexibility index (Phi) is 9.75. The SMILES string of the molecule is CCC(C(=O)NC1CCCCC1)N(Cc1c(Cl)cccc1Cl)C(=O)Cc1c(Cl)cccc1Cl. The van der Waals surface area contributed by atoms with Crippen LogP contribution in [0.1, 0.15) is 56.6 Å². The summed E-state index contributed by atoms with van der Waals surface area (Å²) in [5.74, 6) is -0.433. The van der Waals surface area contributed by atoms with Crippen LogP contribution in [-0.4, -0.2) is 28.8 Å². The van der Waals surface area contributed by atoms with Crippen molar-refractivity contribution in [2.45, 2.75) is 70.5 Å². The highest BCUT2D eigenvalue weighted by Crippen LogP contribution is 2.29. The first kappa shape index (κ1) is 26.2. The quantitative estimate of drug-likeness (QED) is 0.396. The average Bonchev–Trinajstić information content (AvgIpc) is 2.78. The van der Waals surface area contributed by atoms with E-state index in [1.54, 1.807) is 41.3 Å². The molecular formula is C25H28Cl4N2O2. The predicted octanol–water partition coefficient (Wildman–Crippen LogP) is 7.10. The van der Waals surface area contributed by atoms with E-state index in [1.807, 2.05) is 6.92 Å². The number of halogens is 4. The van der Waals surface area contributed by atoms with E-state index in [-0.39, 0.29) is 30.8 Å². The number of hydrogen-bond acceptors (Lipinski definition) is 2. The molecule has 0 spiro atoms. The fraction of sp³-hybridized carbons (Fsp3) is 0.440. The molecule has 1 saturated carbocycles. The zero-order valence-electron chi connectivity index (χ0n) is 18.6. The Balaban J connectivity index is 1.90. The van der Waals surface area contributed by atoms with E-state index in [4.69, 9.17) is 46.4 Å². The van der Waals surface area contributed by atoms with Crippen LogP contribution in [0.3, 0.4) is 0 Å². The second kappa shape index (κ2) is 12.3. The minimum atomic E-state index is -0.673. The van der Waals surface area contributed by atoms with E-state index in [0.29, 0.717) is 37.6 Å². The minimum absolute atomic E-state index is 0.0339. The van der Waals surface area contributed by atoms with Crippen molar-refractivity contribution in [2.24, 2.45) is 0 Å². The third-order valence-corrected chi connectivity index (χ3v) is 7.53. The Labute approximate surface area is 215 Å². The van der Waals surface area contributed by atoms with Crippen LogP contribution in [-0.2, 0) is 22.6 Å². The molecule has 0 bridgehead atoms. The van der Waals surface area contributed by atoms with Crippen LogP contribution in [0.2, 0.25) is 20.1 Å². The summed E-state index contributed by atoms with van der Waals surface area (Å²) in [5.41, 5.74) is 1.13. The van der Waals surface area contributed by atoms with Crippen LogP contribution in [0, 0.1) is 0 Å². The van der Waals surface area contributed by atoms with E-state index < -0.39 is 6.04 Å². The minimum Gasteiger partial charge on any atom is -0.352 e. The molecule has 1 aliphatic carbocycles. The molecule has 0 heterocycles. The number of rotatable bonds is 8. The van der Waals surface area contributed by atoms with E-state index in [1.165, 1.54) is 6.42 Å². The van der Waals surface area contributed by atoms with Crippen molar-refractivity contribution in [2.75, 3.05) is 0 Å². The van der Waals surface area contributed by atoms with E-state index >= 15 is 0 Å². The maximum atomic E-state index is 13.6. The lowest BCUT2D eigenvalue weighted by Crippen LogP contribution is -2.52. The topological polar surface area (TPSA) is 49.4 Å². The van der Waals surface area contributed by atoms with Gasteiger partial charge in [-0.25, -0.2) is 0 Å². The lowest BCUT2D eigenvalue weighted by molar-refractivity contribution is -0.141. The zero-order valence-corrected chi connectivity index (χ0v) is 21.6. The Morgan fingerprint density at radius 1 is 0.909 bits per heavy atom. The molecule has 33 heavy (non-hydrogen) atoms. The normalized spacial score (nSPS) is 15.2. The van der Waals surface area contributed by atoms with Gasteiger partial charge in [0.15, 0.2) is 0 Å². The van der Waals surface area contributed by atoms with Gasteiger partial charge in [0.1, 0.15) is 6.04 Å². The van der Waals surface area contributed by atoms with Crippen molar-refractivity contribution in [1.82, 2.24) is 10.2 Å². The van der Waals surface area contributed by atoms with Crippen LogP contribution in [0.4, 0.5) is 0 Å². The van der Waals surface area contributed by atoms with Gasteiger partial charge in [0.2, 0.25) is 11.8 Å². The van der Waals surface area contributed by atoms with Gasteiger partial charge >= 0.3 is 0 Å². The molecule has 0 aliphatic heterocycles. The number of carbonyl (C=O) groups is 2. The molecule has 4 nitrogen and oxygen atoms in total. The van der Waals surface area contributed by atoms with Gasteiger partial charge in [-0.3, -0.25) is 9.59 Å². The van der Waals surface area contributed by atoms with Gasteiger partial charge < -0.3 is 10.2 Å². The lowest BCUT2D eigenvalue weighted by Gasteiger charge is -2.33. The van der Waals surface area contributed by atoms with Gasteiger partial charge in [-0.1, -0.05) is 84.7 Å². The molecule has 2 aromatic rings. The second-order valence-electron chi connectivity index (χ2n) is 8.37. The fourth-order valence-electron chi connectivity index (χ4n) is 4.27. The van der Waals surface area contributed by atoms with E-state index in [2.05, 4.69) is 5.32 Å². The van der Waals surface area contributed by atoms with E-state index in [9.17, 15) is 9.59 Å². The number of benzene rings is 2. The van der Waals surface area contributed by atoms with E-state index in [0.717, 1.165) is 25.7 Å². The van der Waals surface area contributed by atoms with Gasteiger partial charge in [0.05, 0.1) is 6.42 Å². The second-order valence-corrected chi connectivity index (χ2v) is 10.00. The first-order valence-electron chi connectivity index (χ1n) is 11.3. The number of amides is 2. The monoisotopic (exact) mass is 528 g/mol. The highest BCUT2D eigenvalue weighted by molar-refractivity contribution is 6.36. The third-order valence-electron chi connectivity index (χ3n) is 6.12. The Bertz CT molecular complexity index is 952. The smallest absolute Gasteiger partial charge is 0.243 e. The van der Waals surface area contributed by atoms with Crippen molar-refractivity contribution >= 4 is 58.2 Å². The average molecular weight is 530 g/mol. The molecule has 0 aromatic heterocycles. The van der Waals surface area contributed by atoms with Gasteiger partial charge in [0, 0.05) is 38.2 Å². The van der Waals surface area contributed by atoms with Gasteiger partial charge in [-0.05, 0) is 49.1 Å². The summed E-state index contributed by atoms with van der Waals surface area (Å²) in [5, 5.41) is 4.86. The Morgan fingerprint density at radius 2 is 1.42 bits per heavy atom. The summed E-state index contributed by atoms with van der Waals surface area (Å²) < 4.78 is 0. The number of nitrogens with one attached hydrogen (secondary N) is 1. The molecule has 1 unspecified atom stereocenters. The third kappa shape index (κ3) is 6.79. The predicted molar refractivity (Wildman–Crippen MR) is 136 cm³/mol. The number of nitrogens with zero attached hydrogens (tertiary/aromatic N) is 1. The van der Waals surface area contributed by atoms with Gasteiger partial charge in [-0.2, -0.15) is 0 Å². The molecule has 0 saturated heterocycles. The molecule has 2 aromatic carbocycles. The molecule has 2 amide bonds. The summed E-state index contributed by atoms with van der Waals surface area (Å²) in [7, 11) is 0. The van der Waals surface area contributed by atoms with Crippen molar-refractivity contribution in [3.8, 4) is 0 Å². The molecular weight excluding hydrogens is 502 g/mol. The molecule has 3 rings (SSSR count). The van der Waals surface area contributed by atoms with Crippen LogP contribution < -0.4 is 5.32 Å². The van der Waals surface area contributed by atoms with Crippen LogP contribution >= 0.6 is 46.4 Å². The summed E-state index contributed by atoms with van der Waals surface area (Å²) in [6.07, 6.45) is 5.73. The fourth-order valence-corrected chi connectivity index (χ4v) is 5.32. The zero-order chi connectivity index (χ0) is 24.0. The van der Waals surface area contributed by atoms with Crippen molar-refractivity contribution < 1.29 is 9.59 Å². The molecule has 178 valence electrons. The molecule has 0 radical (unpaired) electrons. The molecule has 1 N–H and O–H groups in total. The van der Waals surface area contributed by atoms with Crippen molar-refractivity contribution in [1.29, 1.82) is 0 Å². The highest BCUT2D eigenvalue weighted by atomic mass is 35.5. The van der Waals surface area contributed by atoms with Crippen LogP contribution in [0.5, 0.6) is 0 Å². The molecule has 8 heteroatoms.